The summed E-state index contributed by atoms with van der Waals surface area (Å²) in [7, 11) is 0. The van der Waals surface area contributed by atoms with Crippen LogP contribution in [0.2, 0.25) is 0 Å². The van der Waals surface area contributed by atoms with Gasteiger partial charge in [0.25, 0.3) is 0 Å². The quantitative estimate of drug-likeness (QED) is 0.787. The van der Waals surface area contributed by atoms with Crippen LogP contribution in [0.15, 0.2) is 34.9 Å². The number of hydrogen-bond acceptors (Lipinski definition) is 3. The predicted molar refractivity (Wildman–Crippen MR) is 58.3 cm³/mol. The molecule has 0 unspecified atom stereocenters. The number of aryl methyl sites for hydroxylation is 1. The average Bonchev–Trinajstić information content (AvgIpc) is 2.49. The van der Waals surface area contributed by atoms with E-state index in [-0.39, 0.29) is 12.4 Å². The van der Waals surface area contributed by atoms with Crippen LogP contribution in [0.25, 0.3) is 11.3 Å². The number of hydrogen-bond donors (Lipinski definition) is 1. The number of nitrogens with two attached hydrogens (primary N) is 1. The van der Waals surface area contributed by atoms with Crippen molar-refractivity contribution in [1.29, 1.82) is 0 Å². The predicted octanol–water partition coefficient (Wildman–Crippen LogP) is 2.65. The van der Waals surface area contributed by atoms with Crippen LogP contribution in [-0.4, -0.2) is 5.16 Å². The second kappa shape index (κ2) is 4.15. The van der Waals surface area contributed by atoms with Crippen LogP contribution in [0.5, 0.6) is 0 Å². The number of rotatable bonds is 1. The summed E-state index contributed by atoms with van der Waals surface area (Å²) in [6.07, 6.45) is 0. The zero-order valence-corrected chi connectivity index (χ0v) is 8.54. The zero-order chi connectivity index (χ0) is 9.26. The lowest BCUT2D eigenvalue weighted by atomic mass is 10.1. The van der Waals surface area contributed by atoms with Gasteiger partial charge in [0, 0.05) is 5.56 Å². The van der Waals surface area contributed by atoms with Crippen molar-refractivity contribution in [2.75, 3.05) is 5.73 Å². The van der Waals surface area contributed by atoms with Gasteiger partial charge in [0.05, 0.1) is 0 Å². The van der Waals surface area contributed by atoms with Crippen molar-refractivity contribution in [1.82, 2.24) is 5.16 Å². The van der Waals surface area contributed by atoms with E-state index < -0.39 is 0 Å². The summed E-state index contributed by atoms with van der Waals surface area (Å²) >= 11 is 0. The number of nitrogen functional groups attached to an aromatic ring is 1. The highest BCUT2D eigenvalue weighted by Crippen LogP contribution is 2.26. The molecular weight excluding hydrogens is 200 g/mol. The third-order valence-electron chi connectivity index (χ3n) is 1.96. The molecule has 0 amide bonds. The van der Waals surface area contributed by atoms with Crippen molar-refractivity contribution in [3.8, 4) is 11.3 Å². The smallest absolute Gasteiger partial charge is 0.157 e. The number of benzene rings is 1. The van der Waals surface area contributed by atoms with Crippen LogP contribution < -0.4 is 5.73 Å². The zero-order valence-electron chi connectivity index (χ0n) is 7.73. The van der Waals surface area contributed by atoms with Gasteiger partial charge in [-0.15, -0.1) is 12.4 Å². The van der Waals surface area contributed by atoms with Crippen LogP contribution in [0.3, 0.4) is 0 Å². The fourth-order valence-corrected chi connectivity index (χ4v) is 1.18. The van der Waals surface area contributed by atoms with Gasteiger partial charge in [-0.3, -0.25) is 0 Å². The highest BCUT2D eigenvalue weighted by molar-refractivity contribution is 5.85. The van der Waals surface area contributed by atoms with E-state index in [0.29, 0.717) is 11.4 Å². The van der Waals surface area contributed by atoms with Crippen molar-refractivity contribution in [2.24, 2.45) is 0 Å². The number of halogens is 1. The van der Waals surface area contributed by atoms with E-state index in [9.17, 15) is 0 Å². The Balaban J connectivity index is 0.000000980. The molecule has 1 heterocycles. The molecule has 2 aromatic rings. The van der Waals surface area contributed by atoms with Gasteiger partial charge < -0.3 is 10.3 Å². The second-order valence-corrected chi connectivity index (χ2v) is 2.87. The summed E-state index contributed by atoms with van der Waals surface area (Å²) in [5.74, 6) is 0.666. The molecule has 14 heavy (non-hydrogen) atoms. The van der Waals surface area contributed by atoms with Crippen molar-refractivity contribution >= 4 is 18.1 Å². The first kappa shape index (κ1) is 10.6. The van der Waals surface area contributed by atoms with Gasteiger partial charge in [0.2, 0.25) is 0 Å². The molecule has 0 aliphatic heterocycles. The highest BCUT2D eigenvalue weighted by Gasteiger charge is 2.09. The molecular formula is C10H11ClN2O. The van der Waals surface area contributed by atoms with Gasteiger partial charge >= 0.3 is 0 Å². The lowest BCUT2D eigenvalue weighted by Crippen LogP contribution is -1.87. The standard InChI is InChI=1S/C10H10N2O.ClH/c1-7-9(11)10(12-13-7)8-5-3-2-4-6-8;/h2-6H,11H2,1H3;1H. The summed E-state index contributed by atoms with van der Waals surface area (Å²) in [5.41, 5.74) is 8.10. The number of anilines is 1. The first-order valence-corrected chi connectivity index (χ1v) is 4.06. The molecule has 2 N–H and O–H groups in total. The molecule has 1 aromatic carbocycles. The molecule has 1 aromatic heterocycles. The van der Waals surface area contributed by atoms with E-state index in [0.717, 1.165) is 11.3 Å². The first-order chi connectivity index (χ1) is 6.29. The molecule has 0 atom stereocenters. The maximum absolute atomic E-state index is 5.78. The number of nitrogens with zero attached hydrogens (tertiary/aromatic N) is 1. The Morgan fingerprint density at radius 3 is 2.36 bits per heavy atom. The Morgan fingerprint density at radius 2 is 1.86 bits per heavy atom. The van der Waals surface area contributed by atoms with E-state index >= 15 is 0 Å². The van der Waals surface area contributed by atoms with E-state index in [4.69, 9.17) is 10.3 Å². The molecule has 0 spiro atoms. The molecule has 0 aliphatic carbocycles. The lowest BCUT2D eigenvalue weighted by molar-refractivity contribution is 0.400. The molecule has 74 valence electrons. The molecule has 0 bridgehead atoms. The minimum Gasteiger partial charge on any atom is -0.394 e. The van der Waals surface area contributed by atoms with E-state index in [2.05, 4.69) is 5.16 Å². The van der Waals surface area contributed by atoms with Crippen LogP contribution >= 0.6 is 12.4 Å². The summed E-state index contributed by atoms with van der Waals surface area (Å²) in [6, 6.07) is 9.74. The van der Waals surface area contributed by atoms with Crippen LogP contribution in [0, 0.1) is 6.92 Å². The SMILES string of the molecule is Cc1onc(-c2ccccc2)c1N.Cl. The minimum atomic E-state index is 0. The molecule has 4 heteroatoms. The Morgan fingerprint density at radius 1 is 1.21 bits per heavy atom. The average molecular weight is 211 g/mol. The second-order valence-electron chi connectivity index (χ2n) is 2.87. The Labute approximate surface area is 88.3 Å². The maximum Gasteiger partial charge on any atom is 0.157 e. The van der Waals surface area contributed by atoms with Crippen LogP contribution in [-0.2, 0) is 0 Å². The Bertz CT molecular complexity index is 411. The lowest BCUT2D eigenvalue weighted by Gasteiger charge is -1.95. The van der Waals surface area contributed by atoms with Crippen molar-refractivity contribution < 1.29 is 4.52 Å². The van der Waals surface area contributed by atoms with Crippen LogP contribution in [0.4, 0.5) is 5.69 Å². The van der Waals surface area contributed by atoms with Gasteiger partial charge in [-0.1, -0.05) is 35.5 Å². The molecule has 0 saturated carbocycles. The third kappa shape index (κ3) is 1.72. The summed E-state index contributed by atoms with van der Waals surface area (Å²) in [5, 5.41) is 3.89. The van der Waals surface area contributed by atoms with E-state index in [1.807, 2.05) is 30.3 Å². The fraction of sp³-hybridized carbons (Fsp3) is 0.100. The highest BCUT2D eigenvalue weighted by atomic mass is 35.5. The summed E-state index contributed by atoms with van der Waals surface area (Å²) < 4.78 is 4.97. The summed E-state index contributed by atoms with van der Waals surface area (Å²) in [6.45, 7) is 1.80. The third-order valence-corrected chi connectivity index (χ3v) is 1.96. The van der Waals surface area contributed by atoms with E-state index in [1.54, 1.807) is 6.92 Å². The topological polar surface area (TPSA) is 52.0 Å². The van der Waals surface area contributed by atoms with Crippen LogP contribution in [0.1, 0.15) is 5.76 Å². The monoisotopic (exact) mass is 210 g/mol. The molecule has 2 rings (SSSR count). The van der Waals surface area contributed by atoms with Gasteiger partial charge in [-0.05, 0) is 6.92 Å². The van der Waals surface area contributed by atoms with Crippen molar-refractivity contribution in [2.45, 2.75) is 6.92 Å². The van der Waals surface area contributed by atoms with Crippen molar-refractivity contribution in [3.63, 3.8) is 0 Å². The number of aromatic nitrogens is 1. The first-order valence-electron chi connectivity index (χ1n) is 4.06. The maximum atomic E-state index is 5.78. The van der Waals surface area contributed by atoms with Gasteiger partial charge in [0.15, 0.2) is 5.76 Å². The normalized spacial score (nSPS) is 9.50. The fourth-order valence-electron chi connectivity index (χ4n) is 1.18. The largest absolute Gasteiger partial charge is 0.394 e. The van der Waals surface area contributed by atoms with E-state index in [1.165, 1.54) is 0 Å². The Hall–Kier alpha value is -1.48. The molecule has 3 nitrogen and oxygen atoms in total. The molecule has 0 fully saturated rings. The molecule has 0 aliphatic rings. The van der Waals surface area contributed by atoms with Gasteiger partial charge in [-0.2, -0.15) is 0 Å². The van der Waals surface area contributed by atoms with Gasteiger partial charge in [0.1, 0.15) is 11.4 Å². The molecule has 0 radical (unpaired) electrons. The molecule has 0 saturated heterocycles. The Kier molecular flexibility index (Phi) is 3.14. The van der Waals surface area contributed by atoms with Crippen molar-refractivity contribution in [3.05, 3.63) is 36.1 Å². The minimum absolute atomic E-state index is 0. The summed E-state index contributed by atoms with van der Waals surface area (Å²) in [4.78, 5) is 0. The van der Waals surface area contributed by atoms with Gasteiger partial charge in [-0.25, -0.2) is 0 Å².